The lowest BCUT2D eigenvalue weighted by Crippen LogP contribution is -1.97. The van der Waals surface area contributed by atoms with Crippen LogP contribution in [0.4, 0.5) is 0 Å². The number of hydrogen-bond donors (Lipinski definition) is 0. The molecule has 0 atom stereocenters. The summed E-state index contributed by atoms with van der Waals surface area (Å²) in [6, 6.07) is 0. The third kappa shape index (κ3) is 9.17. The molecule has 0 aliphatic carbocycles. The van der Waals surface area contributed by atoms with Crippen LogP contribution in [0.15, 0.2) is 12.2 Å². The molecular weight excluding hydrogens is 176 g/mol. The average Bonchev–Trinajstić information content (AvgIpc) is 2.21. The minimum absolute atomic E-state index is 0.278. The van der Waals surface area contributed by atoms with E-state index in [1.54, 1.807) is 0 Å². The Bertz CT molecular complexity index is 183. The summed E-state index contributed by atoms with van der Waals surface area (Å²) >= 11 is 0. The van der Waals surface area contributed by atoms with Gasteiger partial charge in [-0.15, -0.1) is 0 Å². The number of aldehydes is 1. The molecule has 0 aliphatic rings. The molecule has 0 aromatic carbocycles. The minimum atomic E-state index is -0.278. The first-order valence-electron chi connectivity index (χ1n) is 5.44. The predicted molar refractivity (Wildman–Crippen MR) is 58.2 cm³/mol. The molecular formula is C12H20O2. The van der Waals surface area contributed by atoms with Crippen molar-refractivity contribution in [3.05, 3.63) is 12.2 Å². The Morgan fingerprint density at radius 3 is 2.29 bits per heavy atom. The fraction of sp³-hybridized carbons (Fsp3) is 0.667. The van der Waals surface area contributed by atoms with Crippen molar-refractivity contribution in [2.45, 2.75) is 51.9 Å². The lowest BCUT2D eigenvalue weighted by Gasteiger charge is -1.93. The molecule has 0 aliphatic heterocycles. The van der Waals surface area contributed by atoms with E-state index < -0.39 is 0 Å². The van der Waals surface area contributed by atoms with Crippen molar-refractivity contribution in [2.75, 3.05) is 0 Å². The van der Waals surface area contributed by atoms with E-state index in [-0.39, 0.29) is 5.78 Å². The maximum Gasteiger partial charge on any atom is 0.195 e. The highest BCUT2D eigenvalue weighted by atomic mass is 16.2. The smallest absolute Gasteiger partial charge is 0.195 e. The topological polar surface area (TPSA) is 34.1 Å². The van der Waals surface area contributed by atoms with E-state index in [9.17, 15) is 9.59 Å². The van der Waals surface area contributed by atoms with Gasteiger partial charge in [-0.3, -0.25) is 9.59 Å². The fourth-order valence-corrected chi connectivity index (χ4v) is 1.18. The summed E-state index contributed by atoms with van der Waals surface area (Å²) < 4.78 is 0. The van der Waals surface area contributed by atoms with Crippen molar-refractivity contribution < 1.29 is 9.59 Å². The fourth-order valence-electron chi connectivity index (χ4n) is 1.18. The van der Waals surface area contributed by atoms with Crippen molar-refractivity contribution in [1.29, 1.82) is 0 Å². The zero-order valence-electron chi connectivity index (χ0n) is 9.00. The molecule has 0 heterocycles. The molecule has 0 radical (unpaired) electrons. The zero-order valence-corrected chi connectivity index (χ0v) is 9.00. The number of unbranched alkanes of at least 4 members (excludes halogenated alkanes) is 4. The molecule has 0 saturated carbocycles. The Balaban J connectivity index is 3.16. The lowest BCUT2D eigenvalue weighted by molar-refractivity contribution is -0.129. The average molecular weight is 196 g/mol. The molecule has 14 heavy (non-hydrogen) atoms. The van der Waals surface area contributed by atoms with Crippen LogP contribution in [0.3, 0.4) is 0 Å². The van der Waals surface area contributed by atoms with Crippen LogP contribution in [0, 0.1) is 0 Å². The van der Waals surface area contributed by atoms with Gasteiger partial charge in [0.05, 0.1) is 0 Å². The first-order chi connectivity index (χ1) is 6.81. The minimum Gasteiger partial charge on any atom is -0.295 e. The molecule has 0 fully saturated rings. The Labute approximate surface area is 86.4 Å². The lowest BCUT2D eigenvalue weighted by atomic mass is 10.1. The monoisotopic (exact) mass is 196 g/mol. The van der Waals surface area contributed by atoms with E-state index in [1.165, 1.54) is 12.8 Å². The SMILES string of the molecule is CCCCC=CCCCCC(=O)C=O. The maximum absolute atomic E-state index is 10.6. The van der Waals surface area contributed by atoms with Gasteiger partial charge in [0.25, 0.3) is 0 Å². The van der Waals surface area contributed by atoms with Crippen molar-refractivity contribution in [1.82, 2.24) is 0 Å². The van der Waals surface area contributed by atoms with E-state index in [0.29, 0.717) is 12.7 Å². The first-order valence-corrected chi connectivity index (χ1v) is 5.44. The third-order valence-corrected chi connectivity index (χ3v) is 2.07. The van der Waals surface area contributed by atoms with E-state index in [1.807, 2.05) is 0 Å². The number of rotatable bonds is 9. The molecule has 0 saturated heterocycles. The second kappa shape index (κ2) is 10.2. The molecule has 0 aromatic heterocycles. The van der Waals surface area contributed by atoms with Crippen molar-refractivity contribution in [3.63, 3.8) is 0 Å². The largest absolute Gasteiger partial charge is 0.295 e. The van der Waals surface area contributed by atoms with Gasteiger partial charge >= 0.3 is 0 Å². The number of ketones is 1. The number of allylic oxidation sites excluding steroid dienone is 2. The Hall–Kier alpha value is -0.920. The molecule has 0 amide bonds. The molecule has 0 rings (SSSR count). The normalized spacial score (nSPS) is 10.6. The zero-order chi connectivity index (χ0) is 10.6. The Morgan fingerprint density at radius 1 is 1.07 bits per heavy atom. The van der Waals surface area contributed by atoms with Crippen LogP contribution >= 0.6 is 0 Å². The number of Topliss-reactive ketones (excluding diaryl/α,β-unsaturated/α-hetero) is 1. The number of carbonyl (C=O) groups excluding carboxylic acids is 2. The van der Waals surface area contributed by atoms with Gasteiger partial charge < -0.3 is 0 Å². The summed E-state index contributed by atoms with van der Waals surface area (Å²) in [5, 5.41) is 0. The summed E-state index contributed by atoms with van der Waals surface area (Å²) in [5.74, 6) is -0.278. The summed E-state index contributed by atoms with van der Waals surface area (Å²) in [6.07, 6.45) is 11.7. The first kappa shape index (κ1) is 13.1. The van der Waals surface area contributed by atoms with Gasteiger partial charge in [0.1, 0.15) is 0 Å². The van der Waals surface area contributed by atoms with Crippen LogP contribution < -0.4 is 0 Å². The molecule has 80 valence electrons. The molecule has 2 nitrogen and oxygen atoms in total. The van der Waals surface area contributed by atoms with Gasteiger partial charge in [-0.25, -0.2) is 0 Å². The third-order valence-electron chi connectivity index (χ3n) is 2.07. The Kier molecular flexibility index (Phi) is 9.49. The van der Waals surface area contributed by atoms with Crippen LogP contribution in [0.5, 0.6) is 0 Å². The number of hydrogen-bond acceptors (Lipinski definition) is 2. The van der Waals surface area contributed by atoms with Crippen LogP contribution in [0.25, 0.3) is 0 Å². The molecule has 0 aromatic rings. The van der Waals surface area contributed by atoms with Crippen LogP contribution in [-0.2, 0) is 9.59 Å². The summed E-state index contributed by atoms with van der Waals surface area (Å²) in [7, 11) is 0. The van der Waals surface area contributed by atoms with Gasteiger partial charge in [0.15, 0.2) is 12.1 Å². The predicted octanol–water partition coefficient (Wildman–Crippen LogP) is 3.06. The highest BCUT2D eigenvalue weighted by Crippen LogP contribution is 2.02. The van der Waals surface area contributed by atoms with Crippen LogP contribution in [0.2, 0.25) is 0 Å². The van der Waals surface area contributed by atoms with Gasteiger partial charge in [-0.1, -0.05) is 31.9 Å². The van der Waals surface area contributed by atoms with Crippen molar-refractivity contribution in [2.24, 2.45) is 0 Å². The van der Waals surface area contributed by atoms with Crippen LogP contribution in [-0.4, -0.2) is 12.1 Å². The van der Waals surface area contributed by atoms with Gasteiger partial charge in [-0.2, -0.15) is 0 Å². The molecule has 0 N–H and O–H groups in total. The van der Waals surface area contributed by atoms with E-state index >= 15 is 0 Å². The molecule has 0 spiro atoms. The van der Waals surface area contributed by atoms with Gasteiger partial charge in [-0.05, 0) is 25.7 Å². The summed E-state index contributed by atoms with van der Waals surface area (Å²) in [5.41, 5.74) is 0. The van der Waals surface area contributed by atoms with E-state index in [2.05, 4.69) is 19.1 Å². The highest BCUT2D eigenvalue weighted by molar-refractivity contribution is 6.24. The summed E-state index contributed by atoms with van der Waals surface area (Å²) in [4.78, 5) is 20.6. The van der Waals surface area contributed by atoms with E-state index in [0.717, 1.165) is 25.7 Å². The van der Waals surface area contributed by atoms with Gasteiger partial charge in [0, 0.05) is 6.42 Å². The van der Waals surface area contributed by atoms with Crippen LogP contribution in [0.1, 0.15) is 51.9 Å². The van der Waals surface area contributed by atoms with E-state index in [4.69, 9.17) is 0 Å². The Morgan fingerprint density at radius 2 is 1.71 bits per heavy atom. The second-order valence-corrected chi connectivity index (χ2v) is 3.44. The summed E-state index contributed by atoms with van der Waals surface area (Å²) in [6.45, 7) is 2.18. The highest BCUT2D eigenvalue weighted by Gasteiger charge is 1.96. The maximum atomic E-state index is 10.6. The standard InChI is InChI=1S/C12H20O2/c1-2-3-4-5-6-7-8-9-10-12(14)11-13/h5-6,11H,2-4,7-10H2,1H3. The van der Waals surface area contributed by atoms with Crippen molar-refractivity contribution in [3.8, 4) is 0 Å². The van der Waals surface area contributed by atoms with Gasteiger partial charge in [0.2, 0.25) is 0 Å². The number of carbonyl (C=O) groups is 2. The second-order valence-electron chi connectivity index (χ2n) is 3.44. The molecule has 2 heteroatoms. The quantitative estimate of drug-likeness (QED) is 0.246. The molecule has 0 bridgehead atoms. The van der Waals surface area contributed by atoms with Crippen molar-refractivity contribution >= 4 is 12.1 Å². The molecule has 0 unspecified atom stereocenters.